The number of hydrogen-bond acceptors (Lipinski definition) is 1. The van der Waals surface area contributed by atoms with E-state index in [0.717, 1.165) is 11.8 Å². The van der Waals surface area contributed by atoms with Crippen LogP contribution in [0.15, 0.2) is 16.6 Å². The molecule has 2 heteroatoms. The second kappa shape index (κ2) is 2.50. The van der Waals surface area contributed by atoms with Gasteiger partial charge in [0, 0.05) is 16.7 Å². The normalized spacial score (nSPS) is 28.8. The quantitative estimate of drug-likeness (QED) is 0.731. The molecule has 0 amide bonds. The predicted molar refractivity (Wildman–Crippen MR) is 58.2 cm³/mol. The molecule has 1 nitrogen and oxygen atoms in total. The van der Waals surface area contributed by atoms with Gasteiger partial charge in [0.2, 0.25) is 0 Å². The number of benzene rings is 1. The van der Waals surface area contributed by atoms with E-state index in [-0.39, 0.29) is 0 Å². The van der Waals surface area contributed by atoms with Gasteiger partial charge in [-0.1, -0.05) is 15.9 Å². The van der Waals surface area contributed by atoms with Crippen molar-refractivity contribution in [2.45, 2.75) is 19.3 Å². The number of rotatable bonds is 0. The summed E-state index contributed by atoms with van der Waals surface area (Å²) in [6, 6.07) is 4.55. The molecule has 1 saturated carbocycles. The maximum atomic E-state index is 3.59. The molecule has 0 spiro atoms. The second-order valence-electron chi connectivity index (χ2n) is 4.17. The predicted octanol–water partition coefficient (Wildman–Crippen LogP) is 3.29. The van der Waals surface area contributed by atoms with Gasteiger partial charge in [-0.25, -0.2) is 0 Å². The molecule has 1 aromatic carbocycles. The smallest absolute Gasteiger partial charge is 0.0379 e. The first-order valence-electron chi connectivity index (χ1n) is 4.79. The van der Waals surface area contributed by atoms with E-state index in [1.807, 2.05) is 0 Å². The molecule has 68 valence electrons. The van der Waals surface area contributed by atoms with E-state index in [1.54, 1.807) is 0 Å². The van der Waals surface area contributed by atoms with Crippen molar-refractivity contribution in [3.05, 3.63) is 27.7 Å². The van der Waals surface area contributed by atoms with Gasteiger partial charge >= 0.3 is 0 Å². The molecule has 0 bridgehead atoms. The highest BCUT2D eigenvalue weighted by atomic mass is 79.9. The monoisotopic (exact) mass is 237 g/mol. The van der Waals surface area contributed by atoms with Crippen LogP contribution in [0.1, 0.15) is 23.5 Å². The molecule has 1 fully saturated rings. The van der Waals surface area contributed by atoms with Crippen LogP contribution in [0, 0.1) is 12.8 Å². The second-order valence-corrected chi connectivity index (χ2v) is 5.03. The molecule has 3 rings (SSSR count). The van der Waals surface area contributed by atoms with Crippen LogP contribution < -0.4 is 5.32 Å². The first-order valence-corrected chi connectivity index (χ1v) is 5.59. The van der Waals surface area contributed by atoms with Gasteiger partial charge in [0.1, 0.15) is 0 Å². The van der Waals surface area contributed by atoms with E-state index in [4.69, 9.17) is 0 Å². The third-order valence-corrected chi connectivity index (χ3v) is 4.06. The topological polar surface area (TPSA) is 12.0 Å². The summed E-state index contributed by atoms with van der Waals surface area (Å²) in [4.78, 5) is 0. The third-order valence-electron chi connectivity index (χ3n) is 3.21. The van der Waals surface area contributed by atoms with Crippen LogP contribution in [0.5, 0.6) is 0 Å². The van der Waals surface area contributed by atoms with Crippen LogP contribution in [-0.2, 0) is 0 Å². The maximum absolute atomic E-state index is 3.59. The molecule has 0 aromatic heterocycles. The zero-order valence-electron chi connectivity index (χ0n) is 7.60. The van der Waals surface area contributed by atoms with Gasteiger partial charge in [0.25, 0.3) is 0 Å². The Morgan fingerprint density at radius 3 is 3.15 bits per heavy atom. The summed E-state index contributed by atoms with van der Waals surface area (Å²) < 4.78 is 1.25. The van der Waals surface area contributed by atoms with Crippen LogP contribution in [0.3, 0.4) is 0 Å². The lowest BCUT2D eigenvalue weighted by Gasteiger charge is -2.18. The van der Waals surface area contributed by atoms with Crippen LogP contribution in [0.2, 0.25) is 0 Å². The molecule has 1 aliphatic carbocycles. The molecule has 2 atom stereocenters. The number of fused-ring (bicyclic) bond motifs is 3. The number of aryl methyl sites for hydroxylation is 1. The Morgan fingerprint density at radius 1 is 1.46 bits per heavy atom. The Morgan fingerprint density at radius 2 is 2.31 bits per heavy atom. The average molecular weight is 238 g/mol. The van der Waals surface area contributed by atoms with E-state index in [9.17, 15) is 0 Å². The number of nitrogens with one attached hydrogen (secondary N) is 1. The highest BCUT2D eigenvalue weighted by molar-refractivity contribution is 9.10. The van der Waals surface area contributed by atoms with Crippen molar-refractivity contribution in [3.63, 3.8) is 0 Å². The molecule has 1 aromatic rings. The largest absolute Gasteiger partial charge is 0.385 e. The fraction of sp³-hybridized carbons (Fsp3) is 0.455. The van der Waals surface area contributed by atoms with Gasteiger partial charge < -0.3 is 5.32 Å². The third kappa shape index (κ3) is 1.12. The Hall–Kier alpha value is -0.500. The molecular formula is C11H12BrN. The van der Waals surface area contributed by atoms with Crippen molar-refractivity contribution in [2.75, 3.05) is 11.9 Å². The maximum Gasteiger partial charge on any atom is 0.0379 e. The Kier molecular flexibility index (Phi) is 1.51. The van der Waals surface area contributed by atoms with E-state index in [2.05, 4.69) is 40.3 Å². The lowest BCUT2D eigenvalue weighted by atomic mass is 10.0. The SMILES string of the molecule is Cc1cc2c(cc1Br)C1CC1CN2. The van der Waals surface area contributed by atoms with E-state index in [0.29, 0.717) is 0 Å². The molecule has 13 heavy (non-hydrogen) atoms. The Labute approximate surface area is 86.7 Å². The highest BCUT2D eigenvalue weighted by Crippen LogP contribution is 2.53. The Balaban J connectivity index is 2.15. The van der Waals surface area contributed by atoms with Gasteiger partial charge in [-0.05, 0) is 48.4 Å². The highest BCUT2D eigenvalue weighted by Gasteiger charge is 2.42. The van der Waals surface area contributed by atoms with Crippen molar-refractivity contribution in [1.82, 2.24) is 0 Å². The van der Waals surface area contributed by atoms with E-state index in [1.165, 1.54) is 34.3 Å². The minimum atomic E-state index is 0.855. The first kappa shape index (κ1) is 7.86. The molecular weight excluding hydrogens is 226 g/mol. The molecule has 0 saturated heterocycles. The van der Waals surface area contributed by atoms with Crippen molar-refractivity contribution in [2.24, 2.45) is 5.92 Å². The first-order chi connectivity index (χ1) is 6.25. The molecule has 2 unspecified atom stereocenters. The summed E-state index contributed by atoms with van der Waals surface area (Å²) in [6.07, 6.45) is 1.38. The van der Waals surface area contributed by atoms with Crippen molar-refractivity contribution < 1.29 is 0 Å². The van der Waals surface area contributed by atoms with Crippen LogP contribution >= 0.6 is 15.9 Å². The van der Waals surface area contributed by atoms with E-state index >= 15 is 0 Å². The van der Waals surface area contributed by atoms with E-state index < -0.39 is 0 Å². The minimum absolute atomic E-state index is 0.855. The zero-order chi connectivity index (χ0) is 9.00. The Bertz CT molecular complexity index is 373. The minimum Gasteiger partial charge on any atom is -0.385 e. The van der Waals surface area contributed by atoms with Crippen LogP contribution in [0.25, 0.3) is 0 Å². The molecule has 1 aliphatic heterocycles. The lowest BCUT2D eigenvalue weighted by molar-refractivity contribution is 0.816. The molecule has 1 N–H and O–H groups in total. The van der Waals surface area contributed by atoms with Crippen LogP contribution in [0.4, 0.5) is 5.69 Å². The number of anilines is 1. The summed E-state index contributed by atoms with van der Waals surface area (Å²) in [5.41, 5.74) is 4.21. The van der Waals surface area contributed by atoms with Crippen LogP contribution in [-0.4, -0.2) is 6.54 Å². The number of halogens is 1. The zero-order valence-corrected chi connectivity index (χ0v) is 9.19. The van der Waals surface area contributed by atoms with Gasteiger partial charge in [0.15, 0.2) is 0 Å². The van der Waals surface area contributed by atoms with Crippen molar-refractivity contribution >= 4 is 21.6 Å². The van der Waals surface area contributed by atoms with Crippen molar-refractivity contribution in [1.29, 1.82) is 0 Å². The fourth-order valence-electron chi connectivity index (χ4n) is 2.25. The van der Waals surface area contributed by atoms with Gasteiger partial charge in [-0.15, -0.1) is 0 Å². The molecule has 2 aliphatic rings. The van der Waals surface area contributed by atoms with Gasteiger partial charge in [0.05, 0.1) is 0 Å². The summed E-state index contributed by atoms with van der Waals surface area (Å²) in [5, 5.41) is 3.50. The number of hydrogen-bond donors (Lipinski definition) is 1. The summed E-state index contributed by atoms with van der Waals surface area (Å²) in [7, 11) is 0. The lowest BCUT2D eigenvalue weighted by Crippen LogP contribution is -2.11. The van der Waals surface area contributed by atoms with Gasteiger partial charge in [-0.3, -0.25) is 0 Å². The summed E-state index contributed by atoms with van der Waals surface area (Å²) in [5.74, 6) is 1.77. The summed E-state index contributed by atoms with van der Waals surface area (Å²) >= 11 is 3.59. The van der Waals surface area contributed by atoms with Gasteiger partial charge in [-0.2, -0.15) is 0 Å². The standard InChI is InChI=1S/C11H12BrN/c1-6-2-11-9(4-10(6)12)8-3-7(8)5-13-11/h2,4,7-8,13H,3,5H2,1H3. The average Bonchev–Trinajstić information content (AvgIpc) is 2.86. The molecule has 0 radical (unpaired) electrons. The fourth-order valence-corrected chi connectivity index (χ4v) is 2.61. The van der Waals surface area contributed by atoms with Crippen molar-refractivity contribution in [3.8, 4) is 0 Å². The summed E-state index contributed by atoms with van der Waals surface area (Å²) in [6.45, 7) is 3.32. The molecule has 1 heterocycles.